The third-order valence-corrected chi connectivity index (χ3v) is 3.69. The van der Waals surface area contributed by atoms with Crippen molar-refractivity contribution in [2.24, 2.45) is 0 Å². The lowest BCUT2D eigenvalue weighted by atomic mass is 10.1. The van der Waals surface area contributed by atoms with E-state index in [0.717, 1.165) is 17.7 Å². The quantitative estimate of drug-likeness (QED) is 0.795. The molecule has 0 aliphatic carbocycles. The summed E-state index contributed by atoms with van der Waals surface area (Å²) >= 11 is 0. The summed E-state index contributed by atoms with van der Waals surface area (Å²) in [4.78, 5) is 8.16. The third kappa shape index (κ3) is 3.74. The predicted molar refractivity (Wildman–Crippen MR) is 82.8 cm³/mol. The van der Waals surface area contributed by atoms with Crippen molar-refractivity contribution >= 4 is 0 Å². The number of aromatic hydroxyl groups is 1. The van der Waals surface area contributed by atoms with Gasteiger partial charge in [-0.1, -0.05) is 19.8 Å². The molecule has 2 aromatic rings. The molecule has 2 heterocycles. The van der Waals surface area contributed by atoms with Crippen LogP contribution in [0.5, 0.6) is 11.5 Å². The van der Waals surface area contributed by atoms with Crippen molar-refractivity contribution in [2.45, 2.75) is 38.4 Å². The van der Waals surface area contributed by atoms with Gasteiger partial charge in [0, 0.05) is 5.56 Å². The van der Waals surface area contributed by atoms with Crippen molar-refractivity contribution in [3.05, 3.63) is 36.7 Å². The zero-order valence-corrected chi connectivity index (χ0v) is 12.6. The van der Waals surface area contributed by atoms with Crippen LogP contribution in [0.4, 0.5) is 0 Å². The number of hydrogen-bond donors (Lipinski definition) is 1. The van der Waals surface area contributed by atoms with Crippen molar-refractivity contribution in [1.29, 1.82) is 0 Å². The highest BCUT2D eigenvalue weighted by atomic mass is 16.6. The number of nitrogens with zero attached hydrogens (tertiary/aromatic N) is 2. The molecule has 5 nitrogen and oxygen atoms in total. The van der Waals surface area contributed by atoms with E-state index < -0.39 is 0 Å². The lowest BCUT2D eigenvalue weighted by Crippen LogP contribution is -2.07. The van der Waals surface area contributed by atoms with Crippen LogP contribution in [0.2, 0.25) is 0 Å². The van der Waals surface area contributed by atoms with Crippen LogP contribution in [0.25, 0.3) is 11.4 Å². The van der Waals surface area contributed by atoms with Gasteiger partial charge in [-0.2, -0.15) is 0 Å². The number of ether oxygens (including phenoxy) is 2. The van der Waals surface area contributed by atoms with Gasteiger partial charge in [0.2, 0.25) is 0 Å². The first-order valence-electron chi connectivity index (χ1n) is 7.66. The van der Waals surface area contributed by atoms with E-state index in [1.807, 2.05) is 24.3 Å². The number of rotatable bonds is 7. The Morgan fingerprint density at radius 2 is 1.86 bits per heavy atom. The highest BCUT2D eigenvalue weighted by Crippen LogP contribution is 2.28. The lowest BCUT2D eigenvalue weighted by Gasteiger charge is -2.05. The van der Waals surface area contributed by atoms with E-state index in [0.29, 0.717) is 18.5 Å². The van der Waals surface area contributed by atoms with E-state index in [-0.39, 0.29) is 11.9 Å². The van der Waals surface area contributed by atoms with Gasteiger partial charge >= 0.3 is 0 Å². The molecule has 1 aliphatic rings. The molecule has 0 spiro atoms. The summed E-state index contributed by atoms with van der Waals surface area (Å²) in [5.41, 5.74) is 0.885. The summed E-state index contributed by atoms with van der Waals surface area (Å²) in [6, 6.07) is 7.61. The first-order chi connectivity index (χ1) is 10.8. The molecule has 1 aliphatic heterocycles. The summed E-state index contributed by atoms with van der Waals surface area (Å²) in [6.07, 6.45) is 6.93. The molecule has 1 aromatic heterocycles. The van der Waals surface area contributed by atoms with Crippen LogP contribution in [-0.4, -0.2) is 33.9 Å². The highest BCUT2D eigenvalue weighted by Gasteiger charge is 2.38. The van der Waals surface area contributed by atoms with Gasteiger partial charge in [0.1, 0.15) is 18.5 Å². The van der Waals surface area contributed by atoms with Crippen molar-refractivity contribution in [2.75, 3.05) is 6.61 Å². The Morgan fingerprint density at radius 3 is 2.55 bits per heavy atom. The molecule has 116 valence electrons. The maximum absolute atomic E-state index is 9.19. The van der Waals surface area contributed by atoms with Gasteiger partial charge in [0.25, 0.3) is 0 Å². The van der Waals surface area contributed by atoms with Gasteiger partial charge in [-0.25, -0.2) is 9.97 Å². The molecule has 0 bridgehead atoms. The monoisotopic (exact) mass is 300 g/mol. The molecule has 1 N–H and O–H groups in total. The molecular weight excluding hydrogens is 280 g/mol. The second-order valence-corrected chi connectivity index (χ2v) is 5.46. The molecule has 2 atom stereocenters. The average molecular weight is 300 g/mol. The zero-order chi connectivity index (χ0) is 15.4. The number of benzene rings is 1. The van der Waals surface area contributed by atoms with Crippen LogP contribution >= 0.6 is 0 Å². The molecule has 3 rings (SSSR count). The van der Waals surface area contributed by atoms with Gasteiger partial charge in [-0.3, -0.25) is 0 Å². The Hall–Kier alpha value is -2.14. The van der Waals surface area contributed by atoms with Gasteiger partial charge < -0.3 is 14.6 Å². The van der Waals surface area contributed by atoms with E-state index in [2.05, 4.69) is 16.9 Å². The molecule has 0 radical (unpaired) electrons. The second kappa shape index (κ2) is 6.75. The minimum Gasteiger partial charge on any atom is -0.505 e. The van der Waals surface area contributed by atoms with Crippen LogP contribution in [-0.2, 0) is 4.74 Å². The largest absolute Gasteiger partial charge is 0.505 e. The zero-order valence-electron chi connectivity index (χ0n) is 12.6. The van der Waals surface area contributed by atoms with Crippen LogP contribution in [0.3, 0.4) is 0 Å². The Labute approximate surface area is 129 Å². The summed E-state index contributed by atoms with van der Waals surface area (Å²) in [6.45, 7) is 2.79. The van der Waals surface area contributed by atoms with E-state index in [1.54, 1.807) is 0 Å². The standard InChI is InChI=1S/C17H20N2O3/c1-2-3-4-15-16(22-15)11-21-14-7-5-12(6-8-14)17-18-9-13(20)10-19-17/h5-10,15-16,20H,2-4,11H2,1H3/t15-,16-/m0/s1. The normalized spacial score (nSPS) is 19.9. The Balaban J connectivity index is 1.51. The molecule has 22 heavy (non-hydrogen) atoms. The highest BCUT2D eigenvalue weighted by molar-refractivity contribution is 5.56. The fourth-order valence-corrected chi connectivity index (χ4v) is 2.33. The maximum Gasteiger partial charge on any atom is 0.159 e. The van der Waals surface area contributed by atoms with Gasteiger partial charge in [0.15, 0.2) is 11.6 Å². The Kier molecular flexibility index (Phi) is 4.53. The van der Waals surface area contributed by atoms with Crippen LogP contribution in [0.1, 0.15) is 26.2 Å². The van der Waals surface area contributed by atoms with Crippen LogP contribution in [0.15, 0.2) is 36.7 Å². The molecule has 1 saturated heterocycles. The van der Waals surface area contributed by atoms with Gasteiger partial charge in [0.05, 0.1) is 18.5 Å². The predicted octanol–water partition coefficient (Wildman–Crippen LogP) is 3.19. The molecular formula is C17H20N2O3. The van der Waals surface area contributed by atoms with E-state index in [4.69, 9.17) is 9.47 Å². The first kappa shape index (κ1) is 14.8. The van der Waals surface area contributed by atoms with E-state index in [1.165, 1.54) is 25.2 Å². The van der Waals surface area contributed by atoms with Gasteiger partial charge in [-0.15, -0.1) is 0 Å². The lowest BCUT2D eigenvalue weighted by molar-refractivity contribution is 0.259. The smallest absolute Gasteiger partial charge is 0.159 e. The number of aromatic nitrogens is 2. The van der Waals surface area contributed by atoms with Crippen molar-refractivity contribution < 1.29 is 14.6 Å². The minimum atomic E-state index is 0.0609. The van der Waals surface area contributed by atoms with E-state index in [9.17, 15) is 5.11 Å². The molecule has 1 fully saturated rings. The fourth-order valence-electron chi connectivity index (χ4n) is 2.33. The van der Waals surface area contributed by atoms with Crippen molar-refractivity contribution in [3.8, 4) is 22.9 Å². The maximum atomic E-state index is 9.19. The summed E-state index contributed by atoms with van der Waals surface area (Å²) in [5.74, 6) is 1.45. The van der Waals surface area contributed by atoms with Crippen LogP contribution < -0.4 is 4.74 Å². The number of epoxide rings is 1. The average Bonchev–Trinajstić information content (AvgIpc) is 3.31. The minimum absolute atomic E-state index is 0.0609. The molecule has 0 unspecified atom stereocenters. The topological polar surface area (TPSA) is 67.8 Å². The van der Waals surface area contributed by atoms with Crippen molar-refractivity contribution in [1.82, 2.24) is 9.97 Å². The SMILES string of the molecule is CCCC[C@@H]1O[C@H]1COc1ccc(-c2ncc(O)cn2)cc1. The summed E-state index contributed by atoms with van der Waals surface area (Å²) in [5, 5.41) is 9.19. The number of hydrogen-bond acceptors (Lipinski definition) is 5. The Bertz CT molecular complexity index is 598. The van der Waals surface area contributed by atoms with Gasteiger partial charge in [-0.05, 0) is 30.7 Å². The Morgan fingerprint density at radius 1 is 1.14 bits per heavy atom. The summed E-state index contributed by atoms with van der Waals surface area (Å²) in [7, 11) is 0. The molecule has 0 amide bonds. The van der Waals surface area contributed by atoms with E-state index >= 15 is 0 Å². The second-order valence-electron chi connectivity index (χ2n) is 5.46. The molecule has 0 saturated carbocycles. The fraction of sp³-hybridized carbons (Fsp3) is 0.412. The molecule has 1 aromatic carbocycles. The summed E-state index contributed by atoms with van der Waals surface area (Å²) < 4.78 is 11.3. The number of unbranched alkanes of at least 4 members (excludes halogenated alkanes) is 1. The third-order valence-electron chi connectivity index (χ3n) is 3.69. The first-order valence-corrected chi connectivity index (χ1v) is 7.66. The van der Waals surface area contributed by atoms with Crippen molar-refractivity contribution in [3.63, 3.8) is 0 Å². The molecule has 5 heteroatoms. The van der Waals surface area contributed by atoms with Crippen LogP contribution in [0, 0.1) is 0 Å².